The highest BCUT2D eigenvalue weighted by Crippen LogP contribution is 2.04. The first-order valence-corrected chi connectivity index (χ1v) is 6.72. The van der Waals surface area contributed by atoms with Gasteiger partial charge in [-0.1, -0.05) is 6.92 Å². The number of rotatable bonds is 8. The zero-order valence-electron chi connectivity index (χ0n) is 11.9. The van der Waals surface area contributed by atoms with Crippen LogP contribution in [-0.2, 0) is 11.3 Å². The molecule has 1 aromatic heterocycles. The van der Waals surface area contributed by atoms with Crippen molar-refractivity contribution in [1.29, 1.82) is 0 Å². The lowest BCUT2D eigenvalue weighted by Crippen LogP contribution is -2.42. The second-order valence-electron chi connectivity index (χ2n) is 4.94. The van der Waals surface area contributed by atoms with Gasteiger partial charge in [0.15, 0.2) is 0 Å². The fourth-order valence-electron chi connectivity index (χ4n) is 1.77. The Balaban J connectivity index is 2.12. The normalized spacial score (nSPS) is 13.5. The Bertz CT molecular complexity index is 419. The summed E-state index contributed by atoms with van der Waals surface area (Å²) in [6.45, 7) is 4.70. The second kappa shape index (κ2) is 8.19. The Kier molecular flexibility index (Phi) is 6.55. The van der Waals surface area contributed by atoms with Crippen LogP contribution in [0.15, 0.2) is 18.7 Å². The average molecular weight is 282 g/mol. The van der Waals surface area contributed by atoms with Crippen molar-refractivity contribution < 1.29 is 14.7 Å². The van der Waals surface area contributed by atoms with Crippen molar-refractivity contribution >= 4 is 12.0 Å². The Labute approximate surface area is 118 Å². The maximum atomic E-state index is 11.6. The number of imidazole rings is 1. The summed E-state index contributed by atoms with van der Waals surface area (Å²) in [5.74, 6) is -1.18. The van der Waals surface area contributed by atoms with Crippen LogP contribution < -0.4 is 10.6 Å². The highest BCUT2D eigenvalue weighted by Gasteiger charge is 2.11. The molecule has 20 heavy (non-hydrogen) atoms. The van der Waals surface area contributed by atoms with Crippen molar-refractivity contribution in [2.24, 2.45) is 5.92 Å². The number of carboxylic acids is 1. The summed E-state index contributed by atoms with van der Waals surface area (Å²) in [5.41, 5.74) is 0. The molecule has 2 amide bonds. The van der Waals surface area contributed by atoms with Crippen LogP contribution in [0.25, 0.3) is 0 Å². The number of aromatic nitrogens is 2. The maximum absolute atomic E-state index is 11.6. The predicted molar refractivity (Wildman–Crippen MR) is 74.3 cm³/mol. The summed E-state index contributed by atoms with van der Waals surface area (Å²) in [6, 6.07) is -0.247. The van der Waals surface area contributed by atoms with Crippen LogP contribution in [0.1, 0.15) is 26.7 Å². The van der Waals surface area contributed by atoms with Gasteiger partial charge in [0.2, 0.25) is 0 Å². The van der Waals surface area contributed by atoms with Crippen molar-refractivity contribution in [2.75, 3.05) is 6.54 Å². The molecule has 1 heterocycles. The van der Waals surface area contributed by atoms with Gasteiger partial charge >= 0.3 is 12.0 Å². The lowest BCUT2D eigenvalue weighted by atomic mass is 10.1. The topological polar surface area (TPSA) is 96.3 Å². The summed E-state index contributed by atoms with van der Waals surface area (Å²) in [7, 11) is 0. The first-order valence-electron chi connectivity index (χ1n) is 6.72. The van der Waals surface area contributed by atoms with E-state index in [4.69, 9.17) is 5.11 Å². The van der Waals surface area contributed by atoms with E-state index in [1.807, 2.05) is 17.7 Å². The molecular formula is C13H22N4O3. The van der Waals surface area contributed by atoms with Crippen LogP contribution in [0.5, 0.6) is 0 Å². The first-order chi connectivity index (χ1) is 9.49. The SMILES string of the molecule is CC(Cn1ccnc1)NC(=O)NCCCC(C)C(=O)O. The molecule has 2 unspecified atom stereocenters. The van der Waals surface area contributed by atoms with E-state index in [-0.39, 0.29) is 18.0 Å². The molecule has 0 saturated carbocycles. The van der Waals surface area contributed by atoms with Crippen molar-refractivity contribution in [1.82, 2.24) is 20.2 Å². The number of hydrogen-bond donors (Lipinski definition) is 3. The third kappa shape index (κ3) is 6.21. The molecule has 2 atom stereocenters. The molecule has 7 nitrogen and oxygen atoms in total. The van der Waals surface area contributed by atoms with Gasteiger partial charge in [-0.25, -0.2) is 9.78 Å². The highest BCUT2D eigenvalue weighted by molar-refractivity contribution is 5.74. The van der Waals surface area contributed by atoms with Gasteiger partial charge in [0, 0.05) is 31.5 Å². The first kappa shape index (κ1) is 16.0. The zero-order valence-corrected chi connectivity index (χ0v) is 11.9. The van der Waals surface area contributed by atoms with Crippen LogP contribution in [0.3, 0.4) is 0 Å². The summed E-state index contributed by atoms with van der Waals surface area (Å²) in [4.78, 5) is 26.1. The monoisotopic (exact) mass is 282 g/mol. The van der Waals surface area contributed by atoms with E-state index in [1.165, 1.54) is 0 Å². The molecule has 1 aromatic rings. The number of carbonyl (C=O) groups is 2. The van der Waals surface area contributed by atoms with Crippen molar-refractivity contribution in [3.8, 4) is 0 Å². The van der Waals surface area contributed by atoms with Gasteiger partial charge in [-0.3, -0.25) is 4.79 Å². The van der Waals surface area contributed by atoms with Crippen molar-refractivity contribution in [2.45, 2.75) is 39.3 Å². The third-order valence-electron chi connectivity index (χ3n) is 2.94. The second-order valence-corrected chi connectivity index (χ2v) is 4.94. The van der Waals surface area contributed by atoms with E-state index in [0.29, 0.717) is 25.9 Å². The van der Waals surface area contributed by atoms with Crippen LogP contribution in [0.4, 0.5) is 4.79 Å². The quantitative estimate of drug-likeness (QED) is 0.621. The van der Waals surface area contributed by atoms with Gasteiger partial charge in [-0.15, -0.1) is 0 Å². The highest BCUT2D eigenvalue weighted by atomic mass is 16.4. The fraction of sp³-hybridized carbons (Fsp3) is 0.615. The summed E-state index contributed by atoms with van der Waals surface area (Å²) >= 11 is 0. The Morgan fingerprint density at radius 2 is 2.15 bits per heavy atom. The molecule has 0 saturated heterocycles. The molecule has 0 fully saturated rings. The number of hydrogen-bond acceptors (Lipinski definition) is 3. The van der Waals surface area contributed by atoms with E-state index in [0.717, 1.165) is 0 Å². The van der Waals surface area contributed by atoms with Crippen molar-refractivity contribution in [3.05, 3.63) is 18.7 Å². The van der Waals surface area contributed by atoms with Crippen molar-refractivity contribution in [3.63, 3.8) is 0 Å². The average Bonchev–Trinajstić information content (AvgIpc) is 2.86. The van der Waals surface area contributed by atoms with Gasteiger partial charge in [0.1, 0.15) is 0 Å². The van der Waals surface area contributed by atoms with Crippen LogP contribution >= 0.6 is 0 Å². The Hall–Kier alpha value is -2.05. The largest absolute Gasteiger partial charge is 0.481 e. The molecule has 3 N–H and O–H groups in total. The molecule has 1 rings (SSSR count). The minimum atomic E-state index is -0.802. The van der Waals surface area contributed by atoms with Crippen LogP contribution in [-0.4, -0.2) is 39.2 Å². The van der Waals surface area contributed by atoms with E-state index in [9.17, 15) is 9.59 Å². The molecule has 0 aromatic carbocycles. The number of urea groups is 1. The number of aliphatic carboxylic acids is 1. The lowest BCUT2D eigenvalue weighted by Gasteiger charge is -2.15. The fourth-order valence-corrected chi connectivity index (χ4v) is 1.77. The predicted octanol–water partition coefficient (Wildman–Crippen LogP) is 1.07. The number of nitrogens with one attached hydrogen (secondary N) is 2. The molecule has 0 aliphatic carbocycles. The van der Waals surface area contributed by atoms with Crippen LogP contribution in [0.2, 0.25) is 0 Å². The Morgan fingerprint density at radius 1 is 1.40 bits per heavy atom. The molecule has 0 spiro atoms. The lowest BCUT2D eigenvalue weighted by molar-refractivity contribution is -0.141. The summed E-state index contributed by atoms with van der Waals surface area (Å²) in [6.07, 6.45) is 6.43. The molecular weight excluding hydrogens is 260 g/mol. The van der Waals surface area contributed by atoms with Gasteiger partial charge in [0.05, 0.1) is 12.2 Å². The van der Waals surface area contributed by atoms with E-state index in [1.54, 1.807) is 19.4 Å². The Morgan fingerprint density at radius 3 is 2.75 bits per heavy atom. The van der Waals surface area contributed by atoms with E-state index in [2.05, 4.69) is 15.6 Å². The third-order valence-corrected chi connectivity index (χ3v) is 2.94. The molecule has 7 heteroatoms. The standard InChI is InChI=1S/C13H22N4O3/c1-10(12(18)19)4-3-5-15-13(20)16-11(2)8-17-7-6-14-9-17/h6-7,9-11H,3-5,8H2,1-2H3,(H,18,19)(H2,15,16,20). The minimum absolute atomic E-state index is 0.0119. The molecule has 0 aliphatic rings. The smallest absolute Gasteiger partial charge is 0.315 e. The van der Waals surface area contributed by atoms with E-state index < -0.39 is 5.97 Å². The maximum Gasteiger partial charge on any atom is 0.315 e. The van der Waals surface area contributed by atoms with Gasteiger partial charge < -0.3 is 20.3 Å². The minimum Gasteiger partial charge on any atom is -0.481 e. The number of amides is 2. The zero-order chi connectivity index (χ0) is 15.0. The molecule has 0 aliphatic heterocycles. The van der Waals surface area contributed by atoms with E-state index >= 15 is 0 Å². The number of nitrogens with zero attached hydrogens (tertiary/aromatic N) is 2. The molecule has 112 valence electrons. The molecule has 0 radical (unpaired) electrons. The van der Waals surface area contributed by atoms with Gasteiger partial charge in [-0.2, -0.15) is 0 Å². The van der Waals surface area contributed by atoms with Crippen LogP contribution in [0, 0.1) is 5.92 Å². The summed E-state index contributed by atoms with van der Waals surface area (Å²) < 4.78 is 1.89. The number of carboxylic acid groups (broad SMARTS) is 1. The van der Waals surface area contributed by atoms with Gasteiger partial charge in [-0.05, 0) is 19.8 Å². The van der Waals surface area contributed by atoms with Gasteiger partial charge in [0.25, 0.3) is 0 Å². The summed E-state index contributed by atoms with van der Waals surface area (Å²) in [5, 5.41) is 14.3. The molecule has 0 bridgehead atoms. The number of carbonyl (C=O) groups excluding carboxylic acids is 1.